The van der Waals surface area contributed by atoms with Crippen LogP contribution in [0, 0.1) is 0 Å². The average Bonchev–Trinajstić information content (AvgIpc) is 2.61. The first-order chi connectivity index (χ1) is 8.90. The van der Waals surface area contributed by atoms with Gasteiger partial charge < -0.3 is 0 Å². The van der Waals surface area contributed by atoms with Crippen LogP contribution in [0.2, 0.25) is 0 Å². The summed E-state index contributed by atoms with van der Waals surface area (Å²) in [5, 5.41) is 0. The maximum Gasteiger partial charge on any atom is 0.229 e. The van der Waals surface area contributed by atoms with Crippen LogP contribution in [0.25, 0.3) is 5.70 Å². The van der Waals surface area contributed by atoms with E-state index in [2.05, 4.69) is 29.8 Å². The van der Waals surface area contributed by atoms with Crippen LogP contribution >= 0.6 is 0 Å². The van der Waals surface area contributed by atoms with Crippen molar-refractivity contribution in [1.29, 1.82) is 0 Å². The molecule has 19 heavy (non-hydrogen) atoms. The van der Waals surface area contributed by atoms with Crippen molar-refractivity contribution in [2.75, 3.05) is 6.26 Å². The van der Waals surface area contributed by atoms with Crippen LogP contribution in [0.15, 0.2) is 23.8 Å². The summed E-state index contributed by atoms with van der Waals surface area (Å²) >= 11 is 0. The second kappa shape index (κ2) is 5.37. The lowest BCUT2D eigenvalue weighted by Crippen LogP contribution is -2.20. The molecule has 0 saturated carbocycles. The van der Waals surface area contributed by atoms with Gasteiger partial charge in [-0.3, -0.25) is 4.72 Å². The molecule has 0 aliphatic heterocycles. The molecular formula is C15H21NO2S. The Morgan fingerprint density at radius 3 is 2.68 bits per heavy atom. The third-order valence-electron chi connectivity index (χ3n) is 3.43. The molecule has 1 aliphatic rings. The lowest BCUT2D eigenvalue weighted by atomic mass is 10.0. The Morgan fingerprint density at radius 2 is 2.05 bits per heavy atom. The summed E-state index contributed by atoms with van der Waals surface area (Å²) in [6.07, 6.45) is 5.42. The zero-order valence-corrected chi connectivity index (χ0v) is 12.6. The van der Waals surface area contributed by atoms with Crippen molar-refractivity contribution >= 4 is 15.7 Å². The molecule has 0 unspecified atom stereocenters. The molecular weight excluding hydrogens is 258 g/mol. The molecule has 2 rings (SSSR count). The van der Waals surface area contributed by atoms with Gasteiger partial charge in [0.1, 0.15) is 0 Å². The van der Waals surface area contributed by atoms with Crippen LogP contribution in [0.5, 0.6) is 0 Å². The van der Waals surface area contributed by atoms with Crippen LogP contribution in [0.4, 0.5) is 0 Å². The monoisotopic (exact) mass is 279 g/mol. The summed E-state index contributed by atoms with van der Waals surface area (Å²) in [7, 11) is -3.22. The number of nitrogens with one attached hydrogen (secondary N) is 1. The summed E-state index contributed by atoms with van der Waals surface area (Å²) in [6.45, 7) is 4.16. The summed E-state index contributed by atoms with van der Waals surface area (Å²) < 4.78 is 25.6. The number of rotatable bonds is 5. The third-order valence-corrected chi connectivity index (χ3v) is 4.01. The first-order valence-corrected chi connectivity index (χ1v) is 8.59. The highest BCUT2D eigenvalue weighted by atomic mass is 32.2. The van der Waals surface area contributed by atoms with Crippen molar-refractivity contribution in [1.82, 2.24) is 4.72 Å². The fraction of sp³-hybridized carbons (Fsp3) is 0.467. The minimum atomic E-state index is -3.22. The summed E-state index contributed by atoms with van der Waals surface area (Å²) in [4.78, 5) is 0. The third kappa shape index (κ3) is 3.38. The van der Waals surface area contributed by atoms with Gasteiger partial charge in [0.05, 0.1) is 12.0 Å². The zero-order chi connectivity index (χ0) is 14.0. The van der Waals surface area contributed by atoms with Gasteiger partial charge in [-0.2, -0.15) is 0 Å². The fourth-order valence-electron chi connectivity index (χ4n) is 2.48. The van der Waals surface area contributed by atoms with Crippen LogP contribution in [-0.2, 0) is 22.9 Å². The van der Waals surface area contributed by atoms with Crippen molar-refractivity contribution in [3.8, 4) is 0 Å². The number of fused-ring (bicyclic) bond motifs is 1. The standard InChI is InChI=1S/C15H21NO2S/c1-4-5-6-12-7-8-13-9-11(2)15(14(13)10-12)16-19(3,17)18/h7-8,10,16H,4-6,9H2,1-3H3. The average molecular weight is 279 g/mol. The Hall–Kier alpha value is -1.29. The van der Waals surface area contributed by atoms with Gasteiger partial charge in [0.15, 0.2) is 0 Å². The molecule has 0 amide bonds. The molecule has 0 aromatic heterocycles. The topological polar surface area (TPSA) is 46.2 Å². The van der Waals surface area contributed by atoms with E-state index in [1.54, 1.807) is 0 Å². The van der Waals surface area contributed by atoms with E-state index >= 15 is 0 Å². The van der Waals surface area contributed by atoms with Gasteiger partial charge in [-0.1, -0.05) is 25.5 Å². The van der Waals surface area contributed by atoms with Gasteiger partial charge in [0.2, 0.25) is 10.0 Å². The Labute approximate surface area is 115 Å². The van der Waals surface area contributed by atoms with Gasteiger partial charge >= 0.3 is 0 Å². The molecule has 0 atom stereocenters. The molecule has 0 saturated heterocycles. The van der Waals surface area contributed by atoms with Crippen molar-refractivity contribution in [2.45, 2.75) is 39.5 Å². The number of hydrogen-bond donors (Lipinski definition) is 1. The number of aryl methyl sites for hydroxylation is 1. The molecule has 0 fully saturated rings. The quantitative estimate of drug-likeness (QED) is 0.901. The Morgan fingerprint density at radius 1 is 1.32 bits per heavy atom. The van der Waals surface area contributed by atoms with Crippen molar-refractivity contribution in [2.24, 2.45) is 0 Å². The van der Waals surface area contributed by atoms with E-state index in [-0.39, 0.29) is 0 Å². The van der Waals surface area contributed by atoms with E-state index in [0.717, 1.165) is 36.1 Å². The first kappa shape index (κ1) is 14.1. The van der Waals surface area contributed by atoms with E-state index < -0.39 is 10.0 Å². The summed E-state index contributed by atoms with van der Waals surface area (Å²) in [5.41, 5.74) is 5.41. The van der Waals surface area contributed by atoms with E-state index in [4.69, 9.17) is 0 Å². The highest BCUT2D eigenvalue weighted by molar-refractivity contribution is 7.89. The lowest BCUT2D eigenvalue weighted by Gasteiger charge is -2.10. The van der Waals surface area contributed by atoms with Gasteiger partial charge in [-0.15, -0.1) is 0 Å². The molecule has 3 nitrogen and oxygen atoms in total. The zero-order valence-electron chi connectivity index (χ0n) is 11.8. The van der Waals surface area contributed by atoms with Crippen molar-refractivity contribution in [3.05, 3.63) is 40.5 Å². The van der Waals surface area contributed by atoms with E-state index in [0.29, 0.717) is 0 Å². The minimum absolute atomic E-state index is 0.774. The second-order valence-electron chi connectivity index (χ2n) is 5.30. The van der Waals surface area contributed by atoms with E-state index in [1.165, 1.54) is 23.8 Å². The highest BCUT2D eigenvalue weighted by Gasteiger charge is 2.21. The van der Waals surface area contributed by atoms with Crippen LogP contribution in [0.3, 0.4) is 0 Å². The van der Waals surface area contributed by atoms with Crippen LogP contribution in [0.1, 0.15) is 43.4 Å². The van der Waals surface area contributed by atoms with Gasteiger partial charge in [-0.05, 0) is 49.0 Å². The number of unbranched alkanes of at least 4 members (excludes halogenated alkanes) is 1. The minimum Gasteiger partial charge on any atom is -0.283 e. The lowest BCUT2D eigenvalue weighted by molar-refractivity contribution is 0.597. The number of hydrogen-bond acceptors (Lipinski definition) is 2. The molecule has 0 spiro atoms. The normalized spacial score (nSPS) is 14.7. The largest absolute Gasteiger partial charge is 0.283 e. The predicted octanol–water partition coefficient (Wildman–Crippen LogP) is 2.87. The molecule has 1 N–H and O–H groups in total. The SMILES string of the molecule is CCCCc1ccc2c(c1)C(NS(C)(=O)=O)=C(C)C2. The second-order valence-corrected chi connectivity index (χ2v) is 7.05. The van der Waals surface area contributed by atoms with Gasteiger partial charge in [0, 0.05) is 5.56 Å². The molecule has 0 radical (unpaired) electrons. The molecule has 4 heteroatoms. The smallest absolute Gasteiger partial charge is 0.229 e. The summed E-state index contributed by atoms with van der Waals surface area (Å²) in [5.74, 6) is 0. The van der Waals surface area contributed by atoms with Crippen molar-refractivity contribution < 1.29 is 8.42 Å². The molecule has 0 bridgehead atoms. The van der Waals surface area contributed by atoms with Crippen molar-refractivity contribution in [3.63, 3.8) is 0 Å². The maximum atomic E-state index is 11.5. The maximum absolute atomic E-state index is 11.5. The first-order valence-electron chi connectivity index (χ1n) is 6.70. The molecule has 1 aromatic rings. The molecule has 0 heterocycles. The number of sulfonamides is 1. The Balaban J connectivity index is 2.33. The molecule has 1 aliphatic carbocycles. The van der Waals surface area contributed by atoms with Gasteiger partial charge in [-0.25, -0.2) is 8.42 Å². The van der Waals surface area contributed by atoms with Crippen LogP contribution in [-0.4, -0.2) is 14.7 Å². The Bertz CT molecular complexity index is 615. The Kier molecular flexibility index (Phi) is 3.99. The fourth-order valence-corrected chi connectivity index (χ4v) is 3.13. The van der Waals surface area contributed by atoms with E-state index in [1.807, 2.05) is 6.92 Å². The highest BCUT2D eigenvalue weighted by Crippen LogP contribution is 2.32. The molecule has 104 valence electrons. The molecule has 1 aromatic carbocycles. The van der Waals surface area contributed by atoms with E-state index in [9.17, 15) is 8.42 Å². The van der Waals surface area contributed by atoms with Gasteiger partial charge in [0.25, 0.3) is 0 Å². The number of allylic oxidation sites excluding steroid dienone is 1. The summed E-state index contributed by atoms with van der Waals surface area (Å²) in [6, 6.07) is 6.42. The van der Waals surface area contributed by atoms with Crippen LogP contribution < -0.4 is 4.72 Å². The number of benzene rings is 1. The predicted molar refractivity (Wildman–Crippen MR) is 79.3 cm³/mol.